The quantitative estimate of drug-likeness (QED) is 0.749. The maximum atomic E-state index is 12.0. The predicted molar refractivity (Wildman–Crippen MR) is 75.8 cm³/mol. The molecular weight excluding hydrogens is 274 g/mol. The number of carbonyl (C=O) groups excluding carboxylic acids is 2. The summed E-state index contributed by atoms with van der Waals surface area (Å²) in [4.78, 5) is 39.5. The van der Waals surface area contributed by atoms with E-state index in [1.54, 1.807) is 6.07 Å². The van der Waals surface area contributed by atoms with Gasteiger partial charge in [-0.3, -0.25) is 19.5 Å². The van der Waals surface area contributed by atoms with E-state index < -0.39 is 0 Å². The molecule has 3 rings (SSSR count). The number of hydrogen-bond donors (Lipinski definition) is 3. The number of fused-ring (bicyclic) bond motifs is 1. The average molecular weight is 289 g/mol. The lowest BCUT2D eigenvalue weighted by molar-refractivity contribution is -0.136. The molecule has 1 aliphatic heterocycles. The summed E-state index contributed by atoms with van der Waals surface area (Å²) in [6.45, 7) is 0.575. The highest BCUT2D eigenvalue weighted by Crippen LogP contribution is 2.15. The Hall–Kier alpha value is -2.64. The molecule has 0 bridgehead atoms. The predicted octanol–water partition coefficient (Wildman–Crippen LogP) is 0.202. The number of anilines is 1. The summed E-state index contributed by atoms with van der Waals surface area (Å²) in [6.07, 6.45) is 3.76. The fourth-order valence-electron chi connectivity index (χ4n) is 2.44. The van der Waals surface area contributed by atoms with E-state index in [-0.39, 0.29) is 29.7 Å². The Balaban J connectivity index is 1.74. The highest BCUT2D eigenvalue weighted by atomic mass is 16.2. The van der Waals surface area contributed by atoms with Gasteiger partial charge >= 0.3 is 0 Å². The van der Waals surface area contributed by atoms with Gasteiger partial charge in [-0.05, 0) is 18.9 Å². The summed E-state index contributed by atoms with van der Waals surface area (Å²) in [5, 5.41) is 9.49. The van der Waals surface area contributed by atoms with Crippen molar-refractivity contribution in [1.29, 1.82) is 0 Å². The minimum absolute atomic E-state index is 0.0128. The van der Waals surface area contributed by atoms with Crippen LogP contribution in [0, 0.1) is 0 Å². The van der Waals surface area contributed by atoms with Crippen LogP contribution >= 0.6 is 0 Å². The smallest absolute Gasteiger partial charge is 0.261 e. The Kier molecular flexibility index (Phi) is 3.43. The molecule has 8 heteroatoms. The van der Waals surface area contributed by atoms with Gasteiger partial charge in [-0.25, -0.2) is 0 Å². The molecule has 110 valence electrons. The van der Waals surface area contributed by atoms with Crippen LogP contribution in [0.3, 0.4) is 0 Å². The van der Waals surface area contributed by atoms with Crippen molar-refractivity contribution in [3.05, 3.63) is 22.6 Å². The molecule has 21 heavy (non-hydrogen) atoms. The number of aromatic nitrogens is 3. The van der Waals surface area contributed by atoms with E-state index in [1.165, 1.54) is 11.1 Å². The Bertz CT molecular complexity index is 748. The number of likely N-dealkylation sites (tertiary alicyclic amines) is 1. The van der Waals surface area contributed by atoms with E-state index in [9.17, 15) is 14.4 Å². The minimum atomic E-state index is -0.359. The van der Waals surface area contributed by atoms with Crippen LogP contribution in [0.25, 0.3) is 10.9 Å². The number of hydrogen-bond acceptors (Lipinski definition) is 4. The number of rotatable bonds is 3. The molecule has 1 aliphatic rings. The first kappa shape index (κ1) is 13.3. The van der Waals surface area contributed by atoms with Crippen LogP contribution < -0.4 is 10.9 Å². The molecule has 1 fully saturated rings. The van der Waals surface area contributed by atoms with Crippen LogP contribution in [0.4, 0.5) is 5.82 Å². The monoisotopic (exact) mass is 289 g/mol. The van der Waals surface area contributed by atoms with E-state index in [4.69, 9.17) is 0 Å². The van der Waals surface area contributed by atoms with E-state index >= 15 is 0 Å². The highest BCUT2D eigenvalue weighted by Gasteiger charge is 2.21. The third-order valence-electron chi connectivity index (χ3n) is 3.50. The number of pyridine rings is 1. The molecule has 3 N–H and O–H groups in total. The van der Waals surface area contributed by atoms with Crippen molar-refractivity contribution in [3.63, 3.8) is 0 Å². The molecule has 1 saturated heterocycles. The number of nitrogens with one attached hydrogen (secondary N) is 3. The van der Waals surface area contributed by atoms with E-state index in [0.29, 0.717) is 23.9 Å². The molecule has 0 aliphatic carbocycles. The van der Waals surface area contributed by atoms with E-state index in [1.807, 2.05) is 0 Å². The second-order valence-electron chi connectivity index (χ2n) is 4.99. The van der Waals surface area contributed by atoms with Crippen molar-refractivity contribution in [2.75, 3.05) is 18.4 Å². The second-order valence-corrected chi connectivity index (χ2v) is 4.99. The third kappa shape index (κ3) is 2.64. The molecule has 0 atom stereocenters. The lowest BCUT2D eigenvalue weighted by Crippen LogP contribution is -2.40. The topological polar surface area (TPSA) is 111 Å². The Labute approximate surface area is 119 Å². The number of amides is 2. The normalized spacial score (nSPS) is 15.4. The van der Waals surface area contributed by atoms with Crippen molar-refractivity contribution in [2.45, 2.75) is 19.3 Å². The fraction of sp³-hybridized carbons (Fsp3) is 0.385. The zero-order valence-corrected chi connectivity index (χ0v) is 11.3. The van der Waals surface area contributed by atoms with Gasteiger partial charge in [-0.1, -0.05) is 0 Å². The fourth-order valence-corrected chi connectivity index (χ4v) is 2.44. The van der Waals surface area contributed by atoms with Gasteiger partial charge in [-0.2, -0.15) is 5.10 Å². The second kappa shape index (κ2) is 5.39. The summed E-state index contributed by atoms with van der Waals surface area (Å²) in [7, 11) is 0. The highest BCUT2D eigenvalue weighted by molar-refractivity contribution is 6.00. The van der Waals surface area contributed by atoms with Crippen molar-refractivity contribution in [3.8, 4) is 0 Å². The lowest BCUT2D eigenvalue weighted by atomic mass is 10.1. The number of carbonyl (C=O) groups is 2. The maximum absolute atomic E-state index is 12.0. The average Bonchev–Trinajstić information content (AvgIpc) is 2.86. The molecule has 0 saturated carbocycles. The summed E-state index contributed by atoms with van der Waals surface area (Å²) >= 11 is 0. The van der Waals surface area contributed by atoms with E-state index in [0.717, 1.165) is 12.8 Å². The van der Waals surface area contributed by atoms with Gasteiger partial charge < -0.3 is 15.2 Å². The maximum Gasteiger partial charge on any atom is 0.261 e. The molecule has 0 unspecified atom stereocenters. The summed E-state index contributed by atoms with van der Waals surface area (Å²) < 4.78 is 0. The number of nitrogens with zero attached hydrogens (tertiary/aromatic N) is 2. The zero-order chi connectivity index (χ0) is 14.8. The van der Waals surface area contributed by atoms with Crippen molar-refractivity contribution >= 4 is 28.5 Å². The SMILES string of the molecule is O=C(CN1CCCCC1=O)Nc1n[nH]c2cc[nH]c(=O)c12. The van der Waals surface area contributed by atoms with Crippen molar-refractivity contribution in [2.24, 2.45) is 0 Å². The van der Waals surface area contributed by atoms with Gasteiger partial charge in [0.15, 0.2) is 5.82 Å². The molecule has 2 aromatic rings. The van der Waals surface area contributed by atoms with Crippen molar-refractivity contribution < 1.29 is 9.59 Å². The van der Waals surface area contributed by atoms with Gasteiger partial charge in [0.2, 0.25) is 11.8 Å². The van der Waals surface area contributed by atoms with E-state index in [2.05, 4.69) is 20.5 Å². The van der Waals surface area contributed by atoms with Crippen LogP contribution in [0.1, 0.15) is 19.3 Å². The standard InChI is InChI=1S/C13H15N5O3/c19-9(7-18-6-2-1-3-10(18)20)15-12-11-8(16-17-12)4-5-14-13(11)21/h4-5H,1-3,6-7H2,(H,14,21)(H2,15,16,17,19). The third-order valence-corrected chi connectivity index (χ3v) is 3.50. The summed E-state index contributed by atoms with van der Waals surface area (Å²) in [6, 6.07) is 1.66. The van der Waals surface area contributed by atoms with Crippen LogP contribution in [-0.4, -0.2) is 45.0 Å². The van der Waals surface area contributed by atoms with Crippen LogP contribution in [0.2, 0.25) is 0 Å². The molecule has 0 radical (unpaired) electrons. The molecule has 2 amide bonds. The Morgan fingerprint density at radius 3 is 3.05 bits per heavy atom. The van der Waals surface area contributed by atoms with Crippen molar-refractivity contribution in [1.82, 2.24) is 20.1 Å². The van der Waals surface area contributed by atoms with Crippen LogP contribution in [0.5, 0.6) is 0 Å². The first-order valence-corrected chi connectivity index (χ1v) is 6.78. The van der Waals surface area contributed by atoms with Gasteiger partial charge in [0.25, 0.3) is 5.56 Å². The van der Waals surface area contributed by atoms with Gasteiger partial charge in [-0.15, -0.1) is 0 Å². The van der Waals surface area contributed by atoms with Gasteiger partial charge in [0.1, 0.15) is 5.39 Å². The number of aromatic amines is 2. The first-order chi connectivity index (χ1) is 10.1. The molecule has 0 aromatic carbocycles. The Morgan fingerprint density at radius 2 is 2.24 bits per heavy atom. The molecule has 2 aromatic heterocycles. The molecule has 8 nitrogen and oxygen atoms in total. The summed E-state index contributed by atoms with van der Waals surface area (Å²) in [5.74, 6) is -0.190. The summed E-state index contributed by atoms with van der Waals surface area (Å²) in [5.41, 5.74) is 0.216. The Morgan fingerprint density at radius 1 is 1.38 bits per heavy atom. The zero-order valence-electron chi connectivity index (χ0n) is 11.3. The molecule has 3 heterocycles. The first-order valence-electron chi connectivity index (χ1n) is 6.78. The lowest BCUT2D eigenvalue weighted by Gasteiger charge is -2.25. The number of H-pyrrole nitrogens is 2. The number of piperidine rings is 1. The molecule has 0 spiro atoms. The molecular formula is C13H15N5O3. The minimum Gasteiger partial charge on any atom is -0.333 e. The van der Waals surface area contributed by atoms with Crippen LogP contribution in [0.15, 0.2) is 17.1 Å². The van der Waals surface area contributed by atoms with Gasteiger partial charge in [0.05, 0.1) is 12.1 Å². The largest absolute Gasteiger partial charge is 0.333 e. The van der Waals surface area contributed by atoms with Gasteiger partial charge in [0, 0.05) is 19.2 Å². The van der Waals surface area contributed by atoms with Crippen LogP contribution in [-0.2, 0) is 9.59 Å².